The SMILES string of the molecule is Cc1cc([C@@H]2CCCN2Cc2ccc(Oc3ccc(C(N)=O)cc3)cc2)n(C)n1.Cc1nc([C@@H]2CCCN2Cc2ccc(Oc3ccc(C(N)=O)cc3)cc2)ns1.Cc1nn(C)nc1[C@@H]1CCCN1Cc1ccc(Oc2ccc(C(N)=O)cc2)cc1. The summed E-state index contributed by atoms with van der Waals surface area (Å²) in [7, 11) is 3.90. The summed E-state index contributed by atoms with van der Waals surface area (Å²) < 4.78 is 24.1. The summed E-state index contributed by atoms with van der Waals surface area (Å²) in [6, 6.07) is 48.1. The first-order valence-corrected chi connectivity index (χ1v) is 29.8. The molecule has 0 aliphatic carbocycles. The highest BCUT2D eigenvalue weighted by molar-refractivity contribution is 7.05. The van der Waals surface area contributed by atoms with Crippen LogP contribution >= 0.6 is 11.5 Å². The predicted molar refractivity (Wildman–Crippen MR) is 330 cm³/mol. The number of aromatic nitrogens is 7. The van der Waals surface area contributed by atoms with Crippen LogP contribution in [0.4, 0.5) is 0 Å². The zero-order valence-electron chi connectivity index (χ0n) is 49.2. The Morgan fingerprint density at radius 1 is 0.488 bits per heavy atom. The molecule has 3 aliphatic heterocycles. The number of likely N-dealkylation sites (tertiary alicyclic amines) is 3. The third kappa shape index (κ3) is 15.6. The fourth-order valence-electron chi connectivity index (χ4n) is 11.4. The monoisotopic (exact) mass is 1180 g/mol. The molecule has 3 aliphatic rings. The van der Waals surface area contributed by atoms with E-state index in [-0.39, 0.29) is 0 Å². The number of primary amides is 3. The third-order valence-corrected chi connectivity index (χ3v) is 16.2. The molecule has 86 heavy (non-hydrogen) atoms. The second kappa shape index (κ2) is 27.8. The van der Waals surface area contributed by atoms with Gasteiger partial charge in [0.2, 0.25) is 17.7 Å². The van der Waals surface area contributed by atoms with Gasteiger partial charge in [0.25, 0.3) is 0 Å². The van der Waals surface area contributed by atoms with E-state index in [9.17, 15) is 14.4 Å². The van der Waals surface area contributed by atoms with E-state index in [2.05, 4.69) is 81.8 Å². The normalized spacial score (nSPS) is 16.9. The Morgan fingerprint density at radius 3 is 1.19 bits per heavy atom. The molecule has 0 radical (unpaired) electrons. The Kier molecular flexibility index (Phi) is 19.4. The van der Waals surface area contributed by atoms with Crippen molar-refractivity contribution in [3.63, 3.8) is 0 Å². The molecule has 3 saturated heterocycles. The largest absolute Gasteiger partial charge is 0.457 e. The third-order valence-electron chi connectivity index (χ3n) is 15.6. The maximum absolute atomic E-state index is 11.2. The Balaban J connectivity index is 0.000000143. The van der Waals surface area contributed by atoms with E-state index < -0.39 is 17.7 Å². The Morgan fingerprint density at radius 2 is 0.849 bits per heavy atom. The van der Waals surface area contributed by atoms with E-state index in [0.717, 1.165) is 97.3 Å². The van der Waals surface area contributed by atoms with Gasteiger partial charge in [0.05, 0.1) is 35.2 Å². The van der Waals surface area contributed by atoms with Crippen LogP contribution in [0.5, 0.6) is 34.5 Å². The van der Waals surface area contributed by atoms with Crippen molar-refractivity contribution < 1.29 is 28.6 Å². The lowest BCUT2D eigenvalue weighted by atomic mass is 10.1. The van der Waals surface area contributed by atoms with Crippen molar-refractivity contribution in [2.45, 2.75) is 97.1 Å². The van der Waals surface area contributed by atoms with Crippen molar-refractivity contribution in [3.05, 3.63) is 219 Å². The number of carbonyl (C=O) groups excluding carboxylic acids is 3. The van der Waals surface area contributed by atoms with E-state index in [1.807, 2.05) is 75.9 Å². The molecule has 3 amide bonds. The Bertz CT molecular complexity index is 3550. The fraction of sp³-hybridized carbons (Fsp3) is 0.303. The average molecular weight is 1180 g/mol. The zero-order valence-corrected chi connectivity index (χ0v) is 50.0. The van der Waals surface area contributed by atoms with Crippen molar-refractivity contribution >= 4 is 29.3 Å². The molecule has 9 aromatic rings. The summed E-state index contributed by atoms with van der Waals surface area (Å²) in [4.78, 5) is 47.1. The highest BCUT2D eigenvalue weighted by atomic mass is 32.1. The summed E-state index contributed by atoms with van der Waals surface area (Å²) in [5.41, 5.74) is 25.4. The van der Waals surface area contributed by atoms with Crippen LogP contribution < -0.4 is 31.4 Å². The van der Waals surface area contributed by atoms with Crippen LogP contribution in [-0.4, -0.2) is 86.2 Å². The van der Waals surface area contributed by atoms with Gasteiger partial charge < -0.3 is 31.4 Å². The van der Waals surface area contributed by atoms with Gasteiger partial charge in [0.15, 0.2) is 5.82 Å². The van der Waals surface area contributed by atoms with Crippen LogP contribution in [0.15, 0.2) is 152 Å². The second-order valence-electron chi connectivity index (χ2n) is 22.0. The lowest BCUT2D eigenvalue weighted by Gasteiger charge is -2.24. The minimum atomic E-state index is -0.446. The molecular weight excluding hydrogens is 1100 g/mol. The standard InChI is InChI=1S/C23H26N4O2.C22H25N5O2.C21H22N4O2S/c1-16-14-22(26(2)25-16)21-4-3-13-27(21)15-17-5-9-19(10-6-17)29-20-11-7-18(8-12-20)23(24)28;1-15-21(25-26(2)24-15)20-4-3-13-27(20)14-16-5-9-18(10-6-16)29-19-11-7-17(8-12-19)22(23)28;1-14-23-21(24-28-14)19-3-2-12-25(19)13-15-4-8-17(9-5-15)27-18-10-6-16(7-11-18)20(22)26/h5-12,14,21H,3-4,13,15H2,1-2H3,(H2,24,28);5-12,20H,3-4,13-14H2,1-2H3,(H2,23,28);4-11,19H,2-3,12-13H2,1H3,(H2,22,26)/t21-;20-;19-/m000/s1. The summed E-state index contributed by atoms with van der Waals surface area (Å²) in [6.07, 6.45) is 6.94. The summed E-state index contributed by atoms with van der Waals surface area (Å²) >= 11 is 1.47. The molecular formula is C66H73N13O6S. The molecule has 20 heteroatoms. The Hall–Kier alpha value is -9.08. The molecule has 3 aromatic heterocycles. The van der Waals surface area contributed by atoms with Gasteiger partial charge in [-0.15, -0.1) is 0 Å². The van der Waals surface area contributed by atoms with Crippen LogP contribution in [0.2, 0.25) is 0 Å². The number of nitrogens with zero attached hydrogens (tertiary/aromatic N) is 10. The number of ether oxygens (including phenoxy) is 3. The van der Waals surface area contributed by atoms with Gasteiger partial charge >= 0.3 is 0 Å². The molecule has 0 unspecified atom stereocenters. The topological polar surface area (TPSA) is 241 Å². The molecule has 6 heterocycles. The van der Waals surface area contributed by atoms with Crippen molar-refractivity contribution in [2.75, 3.05) is 19.6 Å². The van der Waals surface area contributed by atoms with Crippen molar-refractivity contribution in [1.82, 2.24) is 48.8 Å². The maximum atomic E-state index is 11.2. The van der Waals surface area contributed by atoms with Crippen LogP contribution in [-0.2, 0) is 33.7 Å². The number of hydrogen-bond donors (Lipinski definition) is 3. The van der Waals surface area contributed by atoms with E-state index in [4.69, 9.17) is 31.4 Å². The van der Waals surface area contributed by atoms with E-state index in [0.29, 0.717) is 52.1 Å². The molecule has 0 saturated carbocycles. The van der Waals surface area contributed by atoms with Crippen molar-refractivity contribution in [3.8, 4) is 34.5 Å². The van der Waals surface area contributed by atoms with Gasteiger partial charge in [-0.25, -0.2) is 4.98 Å². The number of carbonyl (C=O) groups is 3. The number of hydrogen-bond acceptors (Lipinski definition) is 15. The Labute approximate surface area is 505 Å². The maximum Gasteiger partial charge on any atom is 0.248 e. The molecule has 6 N–H and O–H groups in total. The molecule has 19 nitrogen and oxygen atoms in total. The number of aryl methyl sites for hydroxylation is 5. The van der Waals surface area contributed by atoms with Gasteiger partial charge in [-0.05, 0) is 222 Å². The zero-order chi connectivity index (χ0) is 60.3. The van der Waals surface area contributed by atoms with Crippen LogP contribution in [0.1, 0.15) is 138 Å². The van der Waals surface area contributed by atoms with Crippen LogP contribution in [0.3, 0.4) is 0 Å². The minimum absolute atomic E-state index is 0.310. The molecule has 0 spiro atoms. The lowest BCUT2D eigenvalue weighted by Crippen LogP contribution is -2.24. The highest BCUT2D eigenvalue weighted by Gasteiger charge is 2.32. The minimum Gasteiger partial charge on any atom is -0.457 e. The first-order chi connectivity index (χ1) is 41.6. The van der Waals surface area contributed by atoms with E-state index in [1.165, 1.54) is 59.6 Å². The van der Waals surface area contributed by atoms with E-state index >= 15 is 0 Å². The van der Waals surface area contributed by atoms with Gasteiger partial charge in [-0.1, -0.05) is 36.4 Å². The molecule has 0 bridgehead atoms. The molecule has 3 atom stereocenters. The summed E-state index contributed by atoms with van der Waals surface area (Å²) in [5, 5.41) is 14.5. The van der Waals surface area contributed by atoms with Gasteiger partial charge in [-0.3, -0.25) is 33.8 Å². The predicted octanol–water partition coefficient (Wildman–Crippen LogP) is 11.4. The molecule has 444 valence electrons. The van der Waals surface area contributed by atoms with Crippen molar-refractivity contribution in [1.29, 1.82) is 0 Å². The second-order valence-corrected chi connectivity index (χ2v) is 22.9. The molecule has 6 aromatic carbocycles. The number of rotatable bonds is 18. The molecule has 12 rings (SSSR count). The average Bonchev–Trinajstić information content (AvgIpc) is 3.55. The van der Waals surface area contributed by atoms with Gasteiger partial charge in [0.1, 0.15) is 45.2 Å². The number of nitrogens with two attached hydrogens (primary N) is 3. The van der Waals surface area contributed by atoms with Crippen molar-refractivity contribution in [2.24, 2.45) is 31.3 Å². The van der Waals surface area contributed by atoms with Crippen LogP contribution in [0.25, 0.3) is 0 Å². The highest BCUT2D eigenvalue weighted by Crippen LogP contribution is 2.37. The van der Waals surface area contributed by atoms with Gasteiger partial charge in [0, 0.05) is 50.4 Å². The first kappa shape index (κ1) is 60.1. The number of benzene rings is 6. The summed E-state index contributed by atoms with van der Waals surface area (Å²) in [5.74, 6) is 3.91. The van der Waals surface area contributed by atoms with E-state index in [1.54, 1.807) is 77.6 Å². The quantitative estimate of drug-likeness (QED) is 0.0724. The lowest BCUT2D eigenvalue weighted by molar-refractivity contribution is 0.0992. The molecule has 3 fully saturated rings. The van der Waals surface area contributed by atoms with Crippen LogP contribution in [0, 0.1) is 20.8 Å². The summed E-state index contributed by atoms with van der Waals surface area (Å²) in [6.45, 7) is 11.9. The fourth-order valence-corrected chi connectivity index (χ4v) is 11.9. The number of amides is 3. The van der Waals surface area contributed by atoms with Gasteiger partial charge in [-0.2, -0.15) is 24.5 Å². The smallest absolute Gasteiger partial charge is 0.248 e. The first-order valence-electron chi connectivity index (χ1n) is 29.0.